The predicted octanol–water partition coefficient (Wildman–Crippen LogP) is 4.62. The number of rotatable bonds is 5. The molecule has 1 aliphatic carbocycles. The Morgan fingerprint density at radius 1 is 1.07 bits per heavy atom. The molecule has 2 aliphatic rings. The SMILES string of the molecule is CCN(C(=O)c1cccc(S(=O)(=O)N2c3ccccc3C[C@@H]2C)c1)C1CCCCC1. The van der Waals surface area contributed by atoms with Crippen molar-refractivity contribution in [3.63, 3.8) is 0 Å². The summed E-state index contributed by atoms with van der Waals surface area (Å²) in [6.45, 7) is 4.56. The molecule has 30 heavy (non-hydrogen) atoms. The predicted molar refractivity (Wildman–Crippen MR) is 119 cm³/mol. The van der Waals surface area contributed by atoms with Crippen LogP contribution in [0.5, 0.6) is 0 Å². The summed E-state index contributed by atoms with van der Waals surface area (Å²) in [5.74, 6) is -0.0729. The molecule has 0 radical (unpaired) electrons. The summed E-state index contributed by atoms with van der Waals surface area (Å²) in [6.07, 6.45) is 6.27. The summed E-state index contributed by atoms with van der Waals surface area (Å²) in [4.78, 5) is 15.3. The highest BCUT2D eigenvalue weighted by Crippen LogP contribution is 2.36. The molecule has 160 valence electrons. The topological polar surface area (TPSA) is 57.7 Å². The zero-order valence-corrected chi connectivity index (χ0v) is 18.6. The largest absolute Gasteiger partial charge is 0.336 e. The number of benzene rings is 2. The number of sulfonamides is 1. The van der Waals surface area contributed by atoms with Crippen LogP contribution in [0.4, 0.5) is 5.69 Å². The third-order valence-corrected chi connectivity index (χ3v) is 8.32. The van der Waals surface area contributed by atoms with E-state index >= 15 is 0 Å². The van der Waals surface area contributed by atoms with Crippen LogP contribution in [-0.4, -0.2) is 37.9 Å². The summed E-state index contributed by atoms with van der Waals surface area (Å²) in [6, 6.07) is 14.3. The first-order chi connectivity index (χ1) is 14.4. The molecular weight excluding hydrogens is 396 g/mol. The first kappa shape index (κ1) is 20.9. The fourth-order valence-electron chi connectivity index (χ4n) is 4.93. The van der Waals surface area contributed by atoms with Crippen LogP contribution in [0.1, 0.15) is 61.9 Å². The number of carbonyl (C=O) groups is 1. The molecule has 2 aromatic rings. The summed E-state index contributed by atoms with van der Waals surface area (Å²) < 4.78 is 28.6. The van der Waals surface area contributed by atoms with Crippen LogP contribution in [0.25, 0.3) is 0 Å². The molecule has 0 aromatic heterocycles. The summed E-state index contributed by atoms with van der Waals surface area (Å²) in [7, 11) is -3.75. The van der Waals surface area contributed by atoms with E-state index in [-0.39, 0.29) is 22.9 Å². The van der Waals surface area contributed by atoms with Gasteiger partial charge in [-0.05, 0) is 62.9 Å². The van der Waals surface area contributed by atoms with Gasteiger partial charge in [0.1, 0.15) is 0 Å². The third-order valence-electron chi connectivity index (χ3n) is 6.40. The average molecular weight is 427 g/mol. The van der Waals surface area contributed by atoms with Gasteiger partial charge in [-0.15, -0.1) is 0 Å². The lowest BCUT2D eigenvalue weighted by Gasteiger charge is -2.33. The van der Waals surface area contributed by atoms with Gasteiger partial charge in [-0.25, -0.2) is 8.42 Å². The first-order valence-corrected chi connectivity index (χ1v) is 12.4. The van der Waals surface area contributed by atoms with Gasteiger partial charge < -0.3 is 4.90 Å². The number of para-hydroxylation sites is 1. The Balaban J connectivity index is 1.65. The maximum atomic E-state index is 13.5. The highest BCUT2D eigenvalue weighted by Gasteiger charge is 2.36. The zero-order chi connectivity index (χ0) is 21.3. The number of nitrogens with zero attached hydrogens (tertiary/aromatic N) is 2. The Hall–Kier alpha value is -2.34. The monoisotopic (exact) mass is 426 g/mol. The number of fused-ring (bicyclic) bond motifs is 1. The molecule has 0 unspecified atom stereocenters. The summed E-state index contributed by atoms with van der Waals surface area (Å²) >= 11 is 0. The van der Waals surface area contributed by atoms with Crippen molar-refractivity contribution in [3.05, 3.63) is 59.7 Å². The van der Waals surface area contributed by atoms with Crippen molar-refractivity contribution in [3.8, 4) is 0 Å². The van der Waals surface area contributed by atoms with Gasteiger partial charge in [0.25, 0.3) is 15.9 Å². The van der Waals surface area contributed by atoms with Crippen LogP contribution < -0.4 is 4.31 Å². The fraction of sp³-hybridized carbons (Fsp3) is 0.458. The molecule has 1 fully saturated rings. The van der Waals surface area contributed by atoms with Gasteiger partial charge in [-0.3, -0.25) is 9.10 Å². The van der Waals surface area contributed by atoms with E-state index in [1.165, 1.54) is 10.7 Å². The Labute approximate surface area is 179 Å². The van der Waals surface area contributed by atoms with Crippen molar-refractivity contribution in [1.82, 2.24) is 4.90 Å². The molecule has 0 bridgehead atoms. The lowest BCUT2D eigenvalue weighted by atomic mass is 9.93. The molecule has 1 aliphatic heterocycles. The number of anilines is 1. The highest BCUT2D eigenvalue weighted by atomic mass is 32.2. The lowest BCUT2D eigenvalue weighted by molar-refractivity contribution is 0.0647. The molecule has 0 saturated heterocycles. The minimum Gasteiger partial charge on any atom is -0.336 e. The molecule has 6 heteroatoms. The molecular formula is C24H30N2O3S. The molecule has 5 nitrogen and oxygen atoms in total. The highest BCUT2D eigenvalue weighted by molar-refractivity contribution is 7.92. The van der Waals surface area contributed by atoms with Crippen molar-refractivity contribution in [2.45, 2.75) is 69.4 Å². The molecule has 4 rings (SSSR count). The Morgan fingerprint density at radius 3 is 2.53 bits per heavy atom. The van der Waals surface area contributed by atoms with Gasteiger partial charge in [0.05, 0.1) is 10.6 Å². The number of amides is 1. The maximum absolute atomic E-state index is 13.5. The van der Waals surface area contributed by atoms with Gasteiger partial charge in [-0.1, -0.05) is 43.5 Å². The number of carbonyl (C=O) groups excluding carboxylic acids is 1. The normalized spacial score (nSPS) is 19.5. The first-order valence-electron chi connectivity index (χ1n) is 11.0. The van der Waals surface area contributed by atoms with E-state index in [0.717, 1.165) is 36.9 Å². The second-order valence-electron chi connectivity index (χ2n) is 8.39. The van der Waals surface area contributed by atoms with Crippen molar-refractivity contribution in [1.29, 1.82) is 0 Å². The number of hydrogen-bond acceptors (Lipinski definition) is 3. The Bertz CT molecular complexity index is 1030. The van der Waals surface area contributed by atoms with Gasteiger partial charge in [0, 0.05) is 24.2 Å². The summed E-state index contributed by atoms with van der Waals surface area (Å²) in [5, 5.41) is 0. The van der Waals surface area contributed by atoms with E-state index < -0.39 is 10.0 Å². The second kappa shape index (κ2) is 8.42. The van der Waals surface area contributed by atoms with Crippen LogP contribution in [0.3, 0.4) is 0 Å². The fourth-order valence-corrected chi connectivity index (χ4v) is 6.67. The standard InChI is InChI=1S/C24H30N2O3S/c1-3-25(21-12-5-4-6-13-21)24(27)20-11-9-14-22(17-20)30(28,29)26-18(2)16-19-10-7-8-15-23(19)26/h7-11,14-15,17-18,21H,3-6,12-13,16H2,1-2H3/t18-/m0/s1. The van der Waals surface area contributed by atoms with Crippen molar-refractivity contribution in [2.24, 2.45) is 0 Å². The van der Waals surface area contributed by atoms with Gasteiger partial charge in [0.15, 0.2) is 0 Å². The average Bonchev–Trinajstić information content (AvgIpc) is 3.11. The minimum absolute atomic E-state index is 0.0729. The molecule has 1 atom stereocenters. The van der Waals surface area contributed by atoms with Crippen LogP contribution in [0, 0.1) is 0 Å². The van der Waals surface area contributed by atoms with E-state index in [1.807, 2.05) is 43.0 Å². The van der Waals surface area contributed by atoms with Crippen molar-refractivity contribution < 1.29 is 13.2 Å². The van der Waals surface area contributed by atoms with Crippen LogP contribution in [-0.2, 0) is 16.4 Å². The summed E-state index contributed by atoms with van der Waals surface area (Å²) in [5.41, 5.74) is 2.22. The molecule has 0 N–H and O–H groups in total. The Kier molecular flexibility index (Phi) is 5.87. The Morgan fingerprint density at radius 2 is 1.80 bits per heavy atom. The van der Waals surface area contributed by atoms with E-state index in [2.05, 4.69) is 0 Å². The van der Waals surface area contributed by atoms with E-state index in [0.29, 0.717) is 18.5 Å². The lowest BCUT2D eigenvalue weighted by Crippen LogP contribution is -2.41. The van der Waals surface area contributed by atoms with Crippen molar-refractivity contribution >= 4 is 21.6 Å². The van der Waals surface area contributed by atoms with Gasteiger partial charge in [0.2, 0.25) is 0 Å². The second-order valence-corrected chi connectivity index (χ2v) is 10.2. The maximum Gasteiger partial charge on any atom is 0.264 e. The minimum atomic E-state index is -3.75. The number of hydrogen-bond donors (Lipinski definition) is 0. The quantitative estimate of drug-likeness (QED) is 0.701. The zero-order valence-electron chi connectivity index (χ0n) is 17.8. The van der Waals surface area contributed by atoms with Crippen LogP contribution >= 0.6 is 0 Å². The molecule has 1 amide bonds. The van der Waals surface area contributed by atoms with Gasteiger partial charge in [-0.2, -0.15) is 0 Å². The molecule has 0 spiro atoms. The van der Waals surface area contributed by atoms with E-state index in [4.69, 9.17) is 0 Å². The van der Waals surface area contributed by atoms with Gasteiger partial charge >= 0.3 is 0 Å². The van der Waals surface area contributed by atoms with Crippen LogP contribution in [0.2, 0.25) is 0 Å². The van der Waals surface area contributed by atoms with Crippen LogP contribution in [0.15, 0.2) is 53.4 Å². The van der Waals surface area contributed by atoms with E-state index in [9.17, 15) is 13.2 Å². The molecule has 1 heterocycles. The third kappa shape index (κ3) is 3.73. The smallest absolute Gasteiger partial charge is 0.264 e. The van der Waals surface area contributed by atoms with Crippen molar-refractivity contribution in [2.75, 3.05) is 10.8 Å². The molecule has 2 aromatic carbocycles. The molecule has 1 saturated carbocycles. The van der Waals surface area contributed by atoms with E-state index in [1.54, 1.807) is 24.3 Å².